The molecule has 2 fully saturated rings. The molecular formula is C15H20ClN3O2. The van der Waals surface area contributed by atoms with Gasteiger partial charge in [0.05, 0.1) is 4.92 Å². The monoisotopic (exact) mass is 309 g/mol. The highest BCUT2D eigenvalue weighted by molar-refractivity contribution is 6.30. The van der Waals surface area contributed by atoms with Crippen molar-refractivity contribution in [3.63, 3.8) is 0 Å². The standard InChI is InChI=1S/C15H20ClN3O2/c16-12-4-5-14(19(20)21)13(10-12)15(11-2-1-3-11)18-8-6-17-7-9-18/h4-5,10-11,15,17H,1-3,6-9H2/t15-/m0/s1. The minimum Gasteiger partial charge on any atom is -0.314 e. The summed E-state index contributed by atoms with van der Waals surface area (Å²) in [6.45, 7) is 3.75. The predicted molar refractivity (Wildman–Crippen MR) is 82.6 cm³/mol. The van der Waals surface area contributed by atoms with E-state index in [4.69, 9.17) is 11.6 Å². The third-order valence-electron chi connectivity index (χ3n) is 4.65. The number of hydrogen-bond acceptors (Lipinski definition) is 4. The highest BCUT2D eigenvalue weighted by atomic mass is 35.5. The van der Waals surface area contributed by atoms with Crippen LogP contribution in [0.3, 0.4) is 0 Å². The molecule has 1 saturated heterocycles. The van der Waals surface area contributed by atoms with Crippen LogP contribution in [0.25, 0.3) is 0 Å². The van der Waals surface area contributed by atoms with E-state index >= 15 is 0 Å². The van der Waals surface area contributed by atoms with Crippen LogP contribution in [0.15, 0.2) is 18.2 Å². The molecule has 5 nitrogen and oxygen atoms in total. The molecule has 3 rings (SSSR count). The number of nitrogens with one attached hydrogen (secondary N) is 1. The fourth-order valence-electron chi connectivity index (χ4n) is 3.39. The van der Waals surface area contributed by atoms with Crippen molar-refractivity contribution in [3.8, 4) is 0 Å². The molecule has 1 heterocycles. The van der Waals surface area contributed by atoms with Gasteiger partial charge in [0.2, 0.25) is 0 Å². The summed E-state index contributed by atoms with van der Waals surface area (Å²) in [4.78, 5) is 13.5. The van der Waals surface area contributed by atoms with Crippen molar-refractivity contribution >= 4 is 17.3 Å². The summed E-state index contributed by atoms with van der Waals surface area (Å²) in [5, 5.41) is 15.3. The molecule has 1 aromatic rings. The molecule has 1 atom stereocenters. The first-order valence-corrected chi connectivity index (χ1v) is 7.93. The van der Waals surface area contributed by atoms with E-state index in [0.29, 0.717) is 10.9 Å². The number of rotatable bonds is 4. The molecule has 0 aromatic heterocycles. The van der Waals surface area contributed by atoms with Crippen molar-refractivity contribution in [3.05, 3.63) is 38.9 Å². The predicted octanol–water partition coefficient (Wildman–Crippen LogP) is 2.99. The fourth-order valence-corrected chi connectivity index (χ4v) is 3.57. The number of nitro benzene ring substituents is 1. The maximum atomic E-state index is 11.4. The smallest absolute Gasteiger partial charge is 0.274 e. The van der Waals surface area contributed by atoms with Gasteiger partial charge in [-0.15, -0.1) is 0 Å². The van der Waals surface area contributed by atoms with Crippen LogP contribution in [0.1, 0.15) is 30.9 Å². The van der Waals surface area contributed by atoms with Gasteiger partial charge in [0.15, 0.2) is 0 Å². The van der Waals surface area contributed by atoms with Crippen LogP contribution in [-0.2, 0) is 0 Å². The second-order valence-electron chi connectivity index (χ2n) is 5.88. The molecule has 0 radical (unpaired) electrons. The zero-order valence-corrected chi connectivity index (χ0v) is 12.7. The molecule has 21 heavy (non-hydrogen) atoms. The first-order valence-electron chi connectivity index (χ1n) is 7.55. The van der Waals surface area contributed by atoms with Gasteiger partial charge in [0, 0.05) is 48.9 Å². The zero-order valence-electron chi connectivity index (χ0n) is 11.9. The van der Waals surface area contributed by atoms with Gasteiger partial charge in [0.25, 0.3) is 5.69 Å². The van der Waals surface area contributed by atoms with Crippen LogP contribution in [0, 0.1) is 16.0 Å². The van der Waals surface area contributed by atoms with Crippen LogP contribution in [0.5, 0.6) is 0 Å². The zero-order chi connectivity index (χ0) is 14.8. The molecule has 0 spiro atoms. The molecule has 1 saturated carbocycles. The first kappa shape index (κ1) is 14.8. The number of halogens is 1. The summed E-state index contributed by atoms with van der Waals surface area (Å²) in [6, 6.07) is 5.08. The molecule has 114 valence electrons. The lowest BCUT2D eigenvalue weighted by Gasteiger charge is -2.43. The van der Waals surface area contributed by atoms with Crippen molar-refractivity contribution in [1.29, 1.82) is 0 Å². The Labute approximate surface area is 129 Å². The Kier molecular flexibility index (Phi) is 4.42. The Morgan fingerprint density at radius 2 is 2.05 bits per heavy atom. The summed E-state index contributed by atoms with van der Waals surface area (Å²) >= 11 is 6.12. The molecule has 1 aliphatic heterocycles. The minimum absolute atomic E-state index is 0.125. The fraction of sp³-hybridized carbons (Fsp3) is 0.600. The van der Waals surface area contributed by atoms with Crippen LogP contribution in [0.2, 0.25) is 5.02 Å². The first-order chi connectivity index (χ1) is 10.2. The van der Waals surface area contributed by atoms with Gasteiger partial charge in [0.1, 0.15) is 0 Å². The maximum Gasteiger partial charge on any atom is 0.274 e. The van der Waals surface area contributed by atoms with E-state index in [2.05, 4.69) is 10.2 Å². The maximum absolute atomic E-state index is 11.4. The minimum atomic E-state index is -0.278. The van der Waals surface area contributed by atoms with Gasteiger partial charge in [-0.2, -0.15) is 0 Å². The van der Waals surface area contributed by atoms with Crippen molar-refractivity contribution in [2.75, 3.05) is 26.2 Å². The largest absolute Gasteiger partial charge is 0.314 e. The molecular weight excluding hydrogens is 290 g/mol. The van der Waals surface area contributed by atoms with Crippen LogP contribution >= 0.6 is 11.6 Å². The number of nitrogens with zero attached hydrogens (tertiary/aromatic N) is 2. The van der Waals surface area contributed by atoms with E-state index in [1.54, 1.807) is 18.2 Å². The van der Waals surface area contributed by atoms with E-state index < -0.39 is 0 Å². The number of benzene rings is 1. The van der Waals surface area contributed by atoms with E-state index in [1.165, 1.54) is 6.42 Å². The summed E-state index contributed by atoms with van der Waals surface area (Å²) in [6.07, 6.45) is 3.53. The quantitative estimate of drug-likeness (QED) is 0.686. The van der Waals surface area contributed by atoms with Gasteiger partial charge >= 0.3 is 0 Å². The lowest BCUT2D eigenvalue weighted by molar-refractivity contribution is -0.386. The average molecular weight is 310 g/mol. The molecule has 2 aliphatic rings. The normalized spacial score (nSPS) is 21.8. The Morgan fingerprint density at radius 1 is 1.33 bits per heavy atom. The third-order valence-corrected chi connectivity index (χ3v) is 4.88. The van der Waals surface area contributed by atoms with Crippen molar-refractivity contribution in [2.45, 2.75) is 25.3 Å². The highest BCUT2D eigenvalue weighted by Gasteiger charge is 2.37. The van der Waals surface area contributed by atoms with Gasteiger partial charge in [-0.1, -0.05) is 18.0 Å². The van der Waals surface area contributed by atoms with Gasteiger partial charge < -0.3 is 5.32 Å². The van der Waals surface area contributed by atoms with E-state index in [9.17, 15) is 10.1 Å². The van der Waals surface area contributed by atoms with Crippen LogP contribution < -0.4 is 5.32 Å². The van der Waals surface area contributed by atoms with Crippen molar-refractivity contribution < 1.29 is 4.92 Å². The van der Waals surface area contributed by atoms with E-state index in [0.717, 1.165) is 44.6 Å². The molecule has 1 aliphatic carbocycles. The Morgan fingerprint density at radius 3 is 2.62 bits per heavy atom. The van der Waals surface area contributed by atoms with Gasteiger partial charge in [-0.3, -0.25) is 15.0 Å². The Balaban J connectivity index is 1.98. The molecule has 0 bridgehead atoms. The highest BCUT2D eigenvalue weighted by Crippen LogP contribution is 2.44. The Hall–Kier alpha value is -1.17. The van der Waals surface area contributed by atoms with E-state index in [1.807, 2.05) is 0 Å². The van der Waals surface area contributed by atoms with Gasteiger partial charge in [-0.25, -0.2) is 0 Å². The third kappa shape index (κ3) is 3.05. The average Bonchev–Trinajstić information content (AvgIpc) is 2.43. The molecule has 1 aromatic carbocycles. The molecule has 0 unspecified atom stereocenters. The SMILES string of the molecule is O=[N+]([O-])c1ccc(Cl)cc1[C@H](C1CCC1)N1CCNCC1. The summed E-state index contributed by atoms with van der Waals surface area (Å²) < 4.78 is 0. The lowest BCUT2D eigenvalue weighted by atomic mass is 9.76. The van der Waals surface area contributed by atoms with Crippen LogP contribution in [-0.4, -0.2) is 36.0 Å². The second-order valence-corrected chi connectivity index (χ2v) is 6.32. The topological polar surface area (TPSA) is 58.4 Å². The number of hydrogen-bond donors (Lipinski definition) is 1. The van der Waals surface area contributed by atoms with Crippen molar-refractivity contribution in [2.24, 2.45) is 5.92 Å². The lowest BCUT2D eigenvalue weighted by Crippen LogP contribution is -2.48. The molecule has 6 heteroatoms. The molecule has 1 N–H and O–H groups in total. The van der Waals surface area contributed by atoms with Crippen LogP contribution in [0.4, 0.5) is 5.69 Å². The summed E-state index contributed by atoms with van der Waals surface area (Å²) in [5.41, 5.74) is 0.994. The Bertz CT molecular complexity index is 528. The number of nitro groups is 1. The van der Waals surface area contributed by atoms with Gasteiger partial charge in [-0.05, 0) is 30.9 Å². The number of piperazine rings is 1. The summed E-state index contributed by atoms with van der Waals surface area (Å²) in [7, 11) is 0. The molecule has 0 amide bonds. The second kappa shape index (κ2) is 6.30. The van der Waals surface area contributed by atoms with E-state index in [-0.39, 0.29) is 16.7 Å². The summed E-state index contributed by atoms with van der Waals surface area (Å²) in [5.74, 6) is 0.514. The van der Waals surface area contributed by atoms with Crippen molar-refractivity contribution in [1.82, 2.24) is 10.2 Å².